The van der Waals surface area contributed by atoms with Crippen molar-refractivity contribution in [2.24, 2.45) is 17.3 Å². The van der Waals surface area contributed by atoms with Gasteiger partial charge in [-0.3, -0.25) is 0 Å². The van der Waals surface area contributed by atoms with Gasteiger partial charge in [0.15, 0.2) is 0 Å². The molecular weight excluding hydrogens is 152 g/mol. The molecule has 4 aliphatic rings. The third-order valence-corrected chi connectivity index (χ3v) is 4.66. The van der Waals surface area contributed by atoms with E-state index in [-0.39, 0.29) is 12.2 Å². The predicted molar refractivity (Wildman–Crippen MR) is 44.7 cm³/mol. The van der Waals surface area contributed by atoms with E-state index in [1.54, 1.807) is 0 Å². The Balaban J connectivity index is 1.94. The SMILES string of the molecule is CC1(C)C2CC3OC3(CO)C1C2. The van der Waals surface area contributed by atoms with E-state index < -0.39 is 0 Å². The molecule has 4 fully saturated rings. The Kier molecular flexibility index (Phi) is 1.06. The van der Waals surface area contributed by atoms with Crippen molar-refractivity contribution in [2.75, 3.05) is 6.61 Å². The van der Waals surface area contributed by atoms with Crippen molar-refractivity contribution < 1.29 is 9.84 Å². The van der Waals surface area contributed by atoms with E-state index in [0.717, 1.165) is 5.92 Å². The summed E-state index contributed by atoms with van der Waals surface area (Å²) in [5.74, 6) is 1.48. The Labute approximate surface area is 72.9 Å². The summed E-state index contributed by atoms with van der Waals surface area (Å²) in [6.45, 7) is 4.88. The van der Waals surface area contributed by atoms with E-state index in [4.69, 9.17) is 4.74 Å². The maximum Gasteiger partial charge on any atom is 0.121 e. The maximum atomic E-state index is 9.29. The van der Waals surface area contributed by atoms with Gasteiger partial charge in [-0.2, -0.15) is 0 Å². The van der Waals surface area contributed by atoms with Crippen LogP contribution in [0.1, 0.15) is 26.7 Å². The van der Waals surface area contributed by atoms with Crippen LogP contribution >= 0.6 is 0 Å². The largest absolute Gasteiger partial charge is 0.393 e. The second kappa shape index (κ2) is 1.73. The standard InChI is InChI=1S/C10H16O2/c1-9(2)6-3-7(9)10(5-11)8(4-6)12-10/h6-8,11H,3-5H2,1-2H3. The molecule has 0 amide bonds. The van der Waals surface area contributed by atoms with Crippen LogP contribution in [0.25, 0.3) is 0 Å². The highest BCUT2D eigenvalue weighted by Gasteiger charge is 2.74. The molecule has 0 radical (unpaired) electrons. The molecule has 2 nitrogen and oxygen atoms in total. The first kappa shape index (κ1) is 7.34. The molecule has 3 aliphatic carbocycles. The normalized spacial score (nSPS) is 58.8. The fourth-order valence-electron chi connectivity index (χ4n) is 3.54. The highest BCUT2D eigenvalue weighted by molar-refractivity contribution is 5.22. The van der Waals surface area contributed by atoms with Crippen LogP contribution in [0.2, 0.25) is 0 Å². The molecule has 2 heteroatoms. The second-order valence-corrected chi connectivity index (χ2v) is 5.26. The van der Waals surface area contributed by atoms with Crippen LogP contribution in [0.15, 0.2) is 0 Å². The highest BCUT2D eigenvalue weighted by Crippen LogP contribution is 2.70. The second-order valence-electron chi connectivity index (χ2n) is 5.26. The number of hydrogen-bond acceptors (Lipinski definition) is 2. The molecule has 4 atom stereocenters. The molecule has 4 rings (SSSR count). The van der Waals surface area contributed by atoms with Crippen LogP contribution in [0.4, 0.5) is 0 Å². The summed E-state index contributed by atoms with van der Waals surface area (Å²) in [5.41, 5.74) is 0.327. The van der Waals surface area contributed by atoms with Crippen LogP contribution in [0.3, 0.4) is 0 Å². The van der Waals surface area contributed by atoms with E-state index in [1.165, 1.54) is 12.8 Å². The Morgan fingerprint density at radius 2 is 2.17 bits per heavy atom. The quantitative estimate of drug-likeness (QED) is 0.596. The molecule has 0 aromatic heterocycles. The predicted octanol–water partition coefficient (Wildman–Crippen LogP) is 1.18. The summed E-state index contributed by atoms with van der Waals surface area (Å²) in [6, 6.07) is 0. The van der Waals surface area contributed by atoms with Gasteiger partial charge in [-0.25, -0.2) is 0 Å². The van der Waals surface area contributed by atoms with Crippen molar-refractivity contribution >= 4 is 0 Å². The fraction of sp³-hybridized carbons (Fsp3) is 1.00. The molecule has 1 N–H and O–H groups in total. The van der Waals surface area contributed by atoms with Gasteiger partial charge in [-0.05, 0) is 30.1 Å². The lowest BCUT2D eigenvalue weighted by atomic mass is 9.45. The van der Waals surface area contributed by atoms with E-state index >= 15 is 0 Å². The van der Waals surface area contributed by atoms with Gasteiger partial charge in [0.2, 0.25) is 0 Å². The van der Waals surface area contributed by atoms with Gasteiger partial charge in [-0.1, -0.05) is 13.8 Å². The van der Waals surface area contributed by atoms with Gasteiger partial charge >= 0.3 is 0 Å². The van der Waals surface area contributed by atoms with Crippen molar-refractivity contribution in [1.82, 2.24) is 0 Å². The molecule has 3 saturated carbocycles. The van der Waals surface area contributed by atoms with Crippen LogP contribution in [0, 0.1) is 17.3 Å². The molecule has 0 aromatic rings. The van der Waals surface area contributed by atoms with Crippen molar-refractivity contribution in [3.8, 4) is 0 Å². The number of ether oxygens (including phenoxy) is 1. The van der Waals surface area contributed by atoms with Gasteiger partial charge in [0.05, 0.1) is 12.7 Å². The van der Waals surface area contributed by atoms with Crippen molar-refractivity contribution in [3.05, 3.63) is 0 Å². The molecular formula is C10H16O2. The smallest absolute Gasteiger partial charge is 0.121 e. The lowest BCUT2D eigenvalue weighted by Crippen LogP contribution is -2.58. The first-order chi connectivity index (χ1) is 5.61. The Bertz CT molecular complexity index is 236. The summed E-state index contributed by atoms with van der Waals surface area (Å²) < 4.78 is 5.65. The highest BCUT2D eigenvalue weighted by atomic mass is 16.6. The van der Waals surface area contributed by atoms with Gasteiger partial charge in [0.1, 0.15) is 5.60 Å². The molecule has 0 aromatic carbocycles. The van der Waals surface area contributed by atoms with E-state index in [1.807, 2.05) is 0 Å². The molecule has 1 aliphatic heterocycles. The number of rotatable bonds is 1. The summed E-state index contributed by atoms with van der Waals surface area (Å²) in [4.78, 5) is 0. The fourth-order valence-corrected chi connectivity index (χ4v) is 3.54. The Morgan fingerprint density at radius 1 is 1.42 bits per heavy atom. The summed E-state index contributed by atoms with van der Waals surface area (Å²) in [6.07, 6.45) is 2.87. The minimum absolute atomic E-state index is 0.0990. The lowest BCUT2D eigenvalue weighted by molar-refractivity contribution is -0.0972. The number of epoxide rings is 1. The van der Waals surface area contributed by atoms with Crippen molar-refractivity contribution in [1.29, 1.82) is 0 Å². The average molecular weight is 168 g/mol. The third-order valence-electron chi connectivity index (χ3n) is 4.66. The average Bonchev–Trinajstić information content (AvgIpc) is 2.77. The number of hydrogen-bond donors (Lipinski definition) is 1. The first-order valence-corrected chi connectivity index (χ1v) is 4.90. The van der Waals surface area contributed by atoms with E-state index in [0.29, 0.717) is 17.4 Å². The van der Waals surface area contributed by atoms with Crippen LogP contribution in [0.5, 0.6) is 0 Å². The van der Waals surface area contributed by atoms with Crippen molar-refractivity contribution in [2.45, 2.75) is 38.4 Å². The molecule has 12 heavy (non-hydrogen) atoms. The van der Waals surface area contributed by atoms with E-state index in [2.05, 4.69) is 13.8 Å². The van der Waals surface area contributed by atoms with Gasteiger partial charge in [0.25, 0.3) is 0 Å². The molecule has 1 saturated heterocycles. The van der Waals surface area contributed by atoms with Crippen molar-refractivity contribution in [3.63, 3.8) is 0 Å². The minimum atomic E-state index is -0.0990. The maximum absolute atomic E-state index is 9.29. The molecule has 1 heterocycles. The van der Waals surface area contributed by atoms with Gasteiger partial charge < -0.3 is 9.84 Å². The molecule has 2 bridgehead atoms. The van der Waals surface area contributed by atoms with Crippen LogP contribution in [-0.4, -0.2) is 23.4 Å². The summed E-state index contributed by atoms with van der Waals surface area (Å²) in [7, 11) is 0. The minimum Gasteiger partial charge on any atom is -0.393 e. The van der Waals surface area contributed by atoms with Crippen LogP contribution < -0.4 is 0 Å². The lowest BCUT2D eigenvalue weighted by Gasteiger charge is -2.57. The Morgan fingerprint density at radius 3 is 2.67 bits per heavy atom. The first-order valence-electron chi connectivity index (χ1n) is 4.90. The van der Waals surface area contributed by atoms with Crippen LogP contribution in [-0.2, 0) is 4.74 Å². The molecule has 0 spiro atoms. The summed E-state index contributed by atoms with van der Waals surface area (Å²) in [5, 5.41) is 9.29. The molecule has 4 unspecified atom stereocenters. The van der Waals surface area contributed by atoms with E-state index in [9.17, 15) is 5.11 Å². The van der Waals surface area contributed by atoms with Gasteiger partial charge in [-0.15, -0.1) is 0 Å². The zero-order valence-electron chi connectivity index (χ0n) is 7.71. The zero-order chi connectivity index (χ0) is 8.56. The molecule has 68 valence electrons. The summed E-state index contributed by atoms with van der Waals surface area (Å²) >= 11 is 0. The number of aliphatic hydroxyl groups excluding tert-OH is 1. The number of aliphatic hydroxyl groups is 1. The Hall–Kier alpha value is -0.0800. The van der Waals surface area contributed by atoms with Gasteiger partial charge in [0, 0.05) is 0 Å². The zero-order valence-corrected chi connectivity index (χ0v) is 7.71. The topological polar surface area (TPSA) is 32.8 Å². The monoisotopic (exact) mass is 168 g/mol. The third kappa shape index (κ3) is 0.549.